The molecular weight excluding hydrogens is 1080 g/mol. The van der Waals surface area contributed by atoms with E-state index in [1.165, 1.54) is 10.8 Å². The van der Waals surface area contributed by atoms with Gasteiger partial charge in [-0.2, -0.15) is 0 Å². The van der Waals surface area contributed by atoms with Crippen LogP contribution in [-0.4, -0.2) is 28.2 Å². The first-order valence-corrected chi connectivity index (χ1v) is 25.3. The van der Waals surface area contributed by atoms with Gasteiger partial charge in [0.25, 0.3) is 0 Å². The first-order valence-electron chi connectivity index (χ1n) is 24.1. The predicted molar refractivity (Wildman–Crippen MR) is 291 cm³/mol. The fourth-order valence-corrected chi connectivity index (χ4v) is 11.7. The number of para-hydroxylation sites is 6. The van der Waals surface area contributed by atoms with E-state index in [-0.39, 0.29) is 0 Å². The van der Waals surface area contributed by atoms with Crippen LogP contribution in [-0.2, 0) is 19.4 Å². The van der Waals surface area contributed by atoms with Crippen molar-refractivity contribution in [3.63, 3.8) is 0 Å². The van der Waals surface area contributed by atoms with Gasteiger partial charge in [0, 0.05) is 34.9 Å². The summed E-state index contributed by atoms with van der Waals surface area (Å²) in [5.41, 5.74) is 15.8. The molecule has 0 aliphatic rings. The molecule has 0 saturated heterocycles. The van der Waals surface area contributed by atoms with E-state index >= 15 is 0 Å². The summed E-state index contributed by atoms with van der Waals surface area (Å²) in [6.45, 7) is 0. The summed E-state index contributed by atoms with van der Waals surface area (Å²) in [5.74, 6) is 1.89. The minimum atomic E-state index is 0.563. The van der Waals surface area contributed by atoms with E-state index in [0.717, 1.165) is 104 Å². The summed E-state index contributed by atoms with van der Waals surface area (Å²) in [5, 5.41) is 4.52. The van der Waals surface area contributed by atoms with Crippen LogP contribution in [0.3, 0.4) is 0 Å². The molecule has 5 heterocycles. The van der Waals surface area contributed by atoms with E-state index in [9.17, 15) is 0 Å². The Morgan fingerprint density at radius 3 is 1.56 bits per heavy atom. The van der Waals surface area contributed by atoms with Crippen LogP contribution in [0.5, 0.6) is 11.5 Å². The minimum absolute atomic E-state index is 0.563. The van der Waals surface area contributed by atoms with Crippen molar-refractivity contribution in [3.05, 3.63) is 259 Å². The second-order valence-electron chi connectivity index (χ2n) is 17.9. The van der Waals surface area contributed by atoms with E-state index in [2.05, 4.69) is 249 Å². The number of aromatic nitrogens is 6. The number of rotatable bonds is 9. The first kappa shape index (κ1) is 42.7. The Morgan fingerprint density at radius 2 is 0.918 bits per heavy atom. The molecule has 348 valence electrons. The number of benzene rings is 9. The number of hydrogen-bond donors (Lipinski definition) is 0. The zero-order valence-electron chi connectivity index (χ0n) is 39.0. The predicted octanol–water partition coefficient (Wildman–Crippen LogP) is 15.9. The number of imidazole rings is 1. The van der Waals surface area contributed by atoms with E-state index < -0.39 is 0 Å². The van der Waals surface area contributed by atoms with E-state index in [1.807, 2.05) is 48.9 Å². The van der Waals surface area contributed by atoms with Gasteiger partial charge in [0.2, 0.25) is 0 Å². The third-order valence-corrected chi connectivity index (χ3v) is 14.8. The molecule has 14 rings (SSSR count). The zero-order valence-corrected chi connectivity index (χ0v) is 41.3. The number of nitrogens with zero attached hydrogens (tertiary/aromatic N) is 6. The zero-order chi connectivity index (χ0) is 48.4. The molecule has 5 aromatic heterocycles. The normalized spacial score (nSPS) is 11.6. The van der Waals surface area contributed by atoms with Gasteiger partial charge in [-0.15, -0.1) is 0 Å². The van der Waals surface area contributed by atoms with Crippen molar-refractivity contribution in [2.45, 2.75) is 0 Å². The molecule has 8 heteroatoms. The maximum absolute atomic E-state index is 6.81. The average molecular weight is 1120 g/mol. The molecule has 73 heavy (non-hydrogen) atoms. The monoisotopic (exact) mass is 1120 g/mol. The molecule has 0 atom stereocenters. The van der Waals surface area contributed by atoms with Crippen molar-refractivity contribution in [2.24, 2.45) is 0 Å². The molecule has 0 amide bonds. The molecule has 14 aromatic rings. The Morgan fingerprint density at radius 1 is 0.397 bits per heavy atom. The average Bonchev–Trinajstić information content (AvgIpc) is 4.08. The molecule has 0 saturated carbocycles. The fraction of sp³-hybridized carbons (Fsp3) is 0. The summed E-state index contributed by atoms with van der Waals surface area (Å²) < 4.78 is 17.0. The van der Waals surface area contributed by atoms with Crippen molar-refractivity contribution in [2.75, 3.05) is 0 Å². The van der Waals surface area contributed by atoms with Gasteiger partial charge in [0.05, 0.1) is 16.7 Å². The second-order valence-corrected chi connectivity index (χ2v) is 19.0. The van der Waals surface area contributed by atoms with Crippen molar-refractivity contribution in [3.8, 4) is 67.8 Å². The Labute approximate surface area is 431 Å². The van der Waals surface area contributed by atoms with Crippen LogP contribution in [0.25, 0.3) is 111 Å². The van der Waals surface area contributed by atoms with E-state index in [4.69, 9.17) is 9.72 Å². The summed E-state index contributed by atoms with van der Waals surface area (Å²) in [6, 6.07) is 86.0. The SMILES string of the molecule is [Pt]=[c]1n(-c2[c-]c(Oc3[c-]c4c(cc3)c3ccccc3n4-c3cc(-n4c5ccccc5c5ccccc54)c(-c4ccncc4)cn3)ccc2)c2ccccc2n1-c1c(-c2ccccc2)cccc1-c1ccccc1. The molecule has 0 bridgehead atoms. The molecule has 0 N–H and O–H groups in total. The summed E-state index contributed by atoms with van der Waals surface area (Å²) in [6.07, 6.45) is 5.66. The Balaban J connectivity index is 0.907. The fourth-order valence-electron chi connectivity index (χ4n) is 10.6. The van der Waals surface area contributed by atoms with Crippen molar-refractivity contribution in [1.29, 1.82) is 0 Å². The van der Waals surface area contributed by atoms with Gasteiger partial charge in [-0.3, -0.25) is 4.98 Å². The van der Waals surface area contributed by atoms with Crippen LogP contribution in [0.4, 0.5) is 0 Å². The number of ether oxygens (including phenoxy) is 1. The van der Waals surface area contributed by atoms with Gasteiger partial charge in [-0.05, 0) is 29.8 Å². The van der Waals surface area contributed by atoms with E-state index in [1.54, 1.807) is 0 Å². The third kappa shape index (κ3) is 7.11. The molecule has 7 nitrogen and oxygen atoms in total. The topological polar surface area (TPSA) is 54.7 Å². The van der Waals surface area contributed by atoms with Crippen molar-refractivity contribution in [1.82, 2.24) is 28.2 Å². The van der Waals surface area contributed by atoms with Gasteiger partial charge in [0.15, 0.2) is 0 Å². The van der Waals surface area contributed by atoms with Crippen LogP contribution in [0, 0.1) is 15.9 Å². The summed E-state index contributed by atoms with van der Waals surface area (Å²) in [7, 11) is 0. The molecule has 0 spiro atoms. The quantitative estimate of drug-likeness (QED) is 0.135. The molecule has 9 aromatic carbocycles. The number of fused-ring (bicyclic) bond motifs is 7. The van der Waals surface area contributed by atoms with Gasteiger partial charge in [0.1, 0.15) is 0 Å². The molecule has 0 aliphatic carbocycles. The molecule has 0 fully saturated rings. The summed E-state index contributed by atoms with van der Waals surface area (Å²) in [4.78, 5) is 9.60. The van der Waals surface area contributed by atoms with Gasteiger partial charge >= 0.3 is 294 Å². The Kier molecular flexibility index (Phi) is 10.3. The van der Waals surface area contributed by atoms with Crippen LogP contribution >= 0.6 is 0 Å². The maximum atomic E-state index is 6.81. The Bertz CT molecular complexity index is 4380. The van der Waals surface area contributed by atoms with Crippen LogP contribution in [0.1, 0.15) is 0 Å². The number of pyridine rings is 2. The molecule has 0 unspecified atom stereocenters. The standard InChI is InChI=1S/C65H40N6O.Pt/c1-3-17-44(18-4-1)50-26-16-27-51(45-19-5-2-6-20-45)65(50)69-43-68(60-31-13-14-32-61(60)69)47-21-15-22-48(39-47)72-49-33-34-55-54-25-9-12-30-59(54)71(62(55)40-49)64-41-63(56(42-67-64)46-35-37-66-38-36-46)70-57-28-10-7-23-52(57)53-24-8-11-29-58(53)70;/h1-38,41-42H;/q-2;. The first-order chi connectivity index (χ1) is 36.2. The van der Waals surface area contributed by atoms with Gasteiger partial charge in [-0.1, -0.05) is 48.5 Å². The molecule has 0 aliphatic heterocycles. The number of hydrogen-bond acceptors (Lipinski definition) is 3. The van der Waals surface area contributed by atoms with Crippen LogP contribution in [0.15, 0.2) is 243 Å². The second kappa shape index (κ2) is 17.6. The summed E-state index contributed by atoms with van der Waals surface area (Å²) >= 11 is 2.47. The van der Waals surface area contributed by atoms with Crippen LogP contribution < -0.4 is 4.74 Å². The molecule has 0 radical (unpaired) electrons. The van der Waals surface area contributed by atoms with Gasteiger partial charge in [-0.25, -0.2) is 0 Å². The van der Waals surface area contributed by atoms with Crippen molar-refractivity contribution >= 4 is 54.6 Å². The third-order valence-electron chi connectivity index (χ3n) is 13.8. The Hall–Kier alpha value is -9.16. The van der Waals surface area contributed by atoms with Crippen LogP contribution in [0.2, 0.25) is 0 Å². The molecular formula is C65H40N6OPt-2. The van der Waals surface area contributed by atoms with Crippen molar-refractivity contribution < 1.29 is 24.1 Å². The van der Waals surface area contributed by atoms with E-state index in [0.29, 0.717) is 11.5 Å². The van der Waals surface area contributed by atoms with Gasteiger partial charge < -0.3 is 4.57 Å².